The molecular weight excluding hydrogens is 352 g/mol. The molecule has 2 aliphatic heterocycles. The zero-order chi connectivity index (χ0) is 19.7. The zero-order valence-corrected chi connectivity index (χ0v) is 16.9. The summed E-state index contributed by atoms with van der Waals surface area (Å²) in [7, 11) is 0. The Hall–Kier alpha value is -2.25. The number of rotatable bonds is 4. The average Bonchev–Trinajstić information content (AvgIpc) is 3.37. The molecule has 0 aliphatic carbocycles. The molecule has 2 N–H and O–H groups in total. The molecule has 7 nitrogen and oxygen atoms in total. The zero-order valence-electron chi connectivity index (χ0n) is 16.9. The number of carbonyl (C=O) groups excluding carboxylic acids is 1. The molecule has 4 heterocycles. The number of hydrogen-bond acceptors (Lipinski definition) is 5. The number of likely N-dealkylation sites (tertiary alicyclic amines) is 1. The number of hydrazine groups is 1. The number of piperidine rings is 1. The van der Waals surface area contributed by atoms with Crippen LogP contribution >= 0.6 is 0 Å². The molecule has 4 rings (SSSR count). The Morgan fingerprint density at radius 2 is 2.04 bits per heavy atom. The van der Waals surface area contributed by atoms with E-state index in [4.69, 9.17) is 4.98 Å². The summed E-state index contributed by atoms with van der Waals surface area (Å²) >= 11 is 0. The fraction of sp³-hybridized carbons (Fsp3) is 0.571. The molecule has 1 amide bonds. The van der Waals surface area contributed by atoms with E-state index < -0.39 is 0 Å². The Balaban J connectivity index is 1.44. The lowest BCUT2D eigenvalue weighted by atomic mass is 9.91. The van der Waals surface area contributed by atoms with Gasteiger partial charge in [-0.2, -0.15) is 0 Å². The second-order valence-electron chi connectivity index (χ2n) is 8.25. The summed E-state index contributed by atoms with van der Waals surface area (Å²) in [5.74, 6) is 3.00. The molecule has 7 heteroatoms. The molecule has 2 aliphatic rings. The minimum absolute atomic E-state index is 0.0358. The third-order valence-corrected chi connectivity index (χ3v) is 5.99. The first-order valence-electron chi connectivity index (χ1n) is 10.3. The minimum Gasteiger partial charge on any atom is -0.342 e. The third-order valence-electron chi connectivity index (χ3n) is 5.99. The van der Waals surface area contributed by atoms with Gasteiger partial charge in [-0.15, -0.1) is 0 Å². The Kier molecular flexibility index (Phi) is 5.46. The van der Waals surface area contributed by atoms with E-state index in [1.165, 1.54) is 0 Å². The topological polar surface area (TPSA) is 75.1 Å². The van der Waals surface area contributed by atoms with Crippen LogP contribution in [0.2, 0.25) is 0 Å². The summed E-state index contributed by atoms with van der Waals surface area (Å²) < 4.78 is 2.08. The molecule has 2 aromatic rings. The number of nitrogens with one attached hydrogen (secondary N) is 2. The van der Waals surface area contributed by atoms with Gasteiger partial charge in [0.1, 0.15) is 11.6 Å². The molecule has 2 fully saturated rings. The molecule has 0 bridgehead atoms. The highest BCUT2D eigenvalue weighted by Crippen LogP contribution is 2.29. The van der Waals surface area contributed by atoms with Gasteiger partial charge in [-0.05, 0) is 31.9 Å². The van der Waals surface area contributed by atoms with Crippen LogP contribution in [0.25, 0.3) is 5.82 Å². The Bertz CT molecular complexity index is 824. The van der Waals surface area contributed by atoms with Crippen molar-refractivity contribution in [3.05, 3.63) is 42.1 Å². The van der Waals surface area contributed by atoms with E-state index in [1.54, 1.807) is 0 Å². The van der Waals surface area contributed by atoms with Crippen LogP contribution in [-0.2, 0) is 4.79 Å². The van der Waals surface area contributed by atoms with E-state index in [9.17, 15) is 4.79 Å². The van der Waals surface area contributed by atoms with Crippen molar-refractivity contribution in [1.82, 2.24) is 30.3 Å². The minimum atomic E-state index is 0.0358. The number of hydrogen-bond donors (Lipinski definition) is 2. The van der Waals surface area contributed by atoms with Crippen molar-refractivity contribution in [2.75, 3.05) is 19.6 Å². The van der Waals surface area contributed by atoms with Gasteiger partial charge < -0.3 is 4.90 Å². The van der Waals surface area contributed by atoms with E-state index in [0.29, 0.717) is 18.4 Å². The highest BCUT2D eigenvalue weighted by Gasteiger charge is 2.34. The Morgan fingerprint density at radius 3 is 2.71 bits per heavy atom. The molecule has 0 saturated carbocycles. The van der Waals surface area contributed by atoms with Crippen LogP contribution < -0.4 is 10.9 Å². The summed E-state index contributed by atoms with van der Waals surface area (Å²) in [4.78, 5) is 24.2. The Labute approximate surface area is 166 Å². The van der Waals surface area contributed by atoms with Gasteiger partial charge in [0.15, 0.2) is 0 Å². The molecule has 2 saturated heterocycles. The monoisotopic (exact) mass is 382 g/mol. The molecule has 2 unspecified atom stereocenters. The van der Waals surface area contributed by atoms with Crippen molar-refractivity contribution in [3.8, 4) is 5.82 Å². The predicted molar refractivity (Wildman–Crippen MR) is 108 cm³/mol. The van der Waals surface area contributed by atoms with Crippen molar-refractivity contribution >= 4 is 5.91 Å². The molecule has 28 heavy (non-hydrogen) atoms. The summed E-state index contributed by atoms with van der Waals surface area (Å²) in [6, 6.07) is 6.42. The van der Waals surface area contributed by atoms with Gasteiger partial charge in [-0.25, -0.2) is 9.97 Å². The second-order valence-corrected chi connectivity index (χ2v) is 8.25. The fourth-order valence-corrected chi connectivity index (χ4v) is 4.28. The average molecular weight is 383 g/mol. The van der Waals surface area contributed by atoms with Gasteiger partial charge in [0.25, 0.3) is 0 Å². The highest BCUT2D eigenvalue weighted by atomic mass is 16.2. The maximum atomic E-state index is 12.8. The smallest absolute Gasteiger partial charge is 0.228 e. The van der Waals surface area contributed by atoms with Gasteiger partial charge in [-0.1, -0.05) is 19.9 Å². The van der Waals surface area contributed by atoms with Crippen LogP contribution in [0.3, 0.4) is 0 Å². The van der Waals surface area contributed by atoms with Crippen molar-refractivity contribution in [2.45, 2.75) is 51.5 Å². The molecule has 2 aromatic heterocycles. The summed E-state index contributed by atoms with van der Waals surface area (Å²) in [6.45, 7) is 8.68. The molecule has 0 aromatic carbocycles. The molecular formula is C21H30N6O. The Morgan fingerprint density at radius 1 is 1.25 bits per heavy atom. The maximum Gasteiger partial charge on any atom is 0.228 e. The second kappa shape index (κ2) is 8.01. The van der Waals surface area contributed by atoms with Crippen LogP contribution in [-0.4, -0.2) is 51.0 Å². The van der Waals surface area contributed by atoms with Crippen molar-refractivity contribution in [1.29, 1.82) is 0 Å². The maximum absolute atomic E-state index is 12.8. The number of imidazole rings is 1. The van der Waals surface area contributed by atoms with Gasteiger partial charge in [0, 0.05) is 55.6 Å². The van der Waals surface area contributed by atoms with E-state index in [2.05, 4.69) is 53.3 Å². The van der Waals surface area contributed by atoms with Crippen molar-refractivity contribution in [3.63, 3.8) is 0 Å². The van der Waals surface area contributed by atoms with Gasteiger partial charge in [0.05, 0.1) is 5.92 Å². The quantitative estimate of drug-likeness (QED) is 0.848. The van der Waals surface area contributed by atoms with Crippen LogP contribution in [0.15, 0.2) is 30.6 Å². The lowest BCUT2D eigenvalue weighted by molar-refractivity contribution is -0.136. The summed E-state index contributed by atoms with van der Waals surface area (Å²) in [6.07, 6.45) is 5.74. The normalized spacial score (nSPS) is 23.5. The van der Waals surface area contributed by atoms with Crippen molar-refractivity contribution in [2.24, 2.45) is 5.92 Å². The first-order chi connectivity index (χ1) is 13.5. The summed E-state index contributed by atoms with van der Waals surface area (Å²) in [5.41, 5.74) is 7.35. The van der Waals surface area contributed by atoms with E-state index in [1.807, 2.05) is 23.4 Å². The van der Waals surface area contributed by atoms with Crippen LogP contribution in [0.1, 0.15) is 57.0 Å². The van der Waals surface area contributed by atoms with E-state index in [0.717, 1.165) is 43.3 Å². The number of nitrogens with zero attached hydrogens (tertiary/aromatic N) is 4. The summed E-state index contributed by atoms with van der Waals surface area (Å²) in [5, 5.41) is 0. The first-order valence-corrected chi connectivity index (χ1v) is 10.3. The third kappa shape index (κ3) is 3.69. The molecule has 2 atom stereocenters. The molecule has 0 radical (unpaired) electrons. The number of carbonyl (C=O) groups is 1. The standard InChI is InChI=1S/C21H30N6O/c1-14(2)20-22-9-12-27(20)19-6-4-5-18(24-19)16-7-10-26(11-8-16)21(28)17-13-23-25-15(17)3/h4-6,9,12,14-17,23,25H,7-8,10-11,13H2,1-3H3. The lowest BCUT2D eigenvalue weighted by Gasteiger charge is -2.34. The van der Waals surface area contributed by atoms with Gasteiger partial charge in [-0.3, -0.25) is 20.2 Å². The van der Waals surface area contributed by atoms with Crippen LogP contribution in [0.4, 0.5) is 0 Å². The van der Waals surface area contributed by atoms with E-state index in [-0.39, 0.29) is 17.9 Å². The number of pyridine rings is 1. The van der Waals surface area contributed by atoms with E-state index >= 15 is 0 Å². The van der Waals surface area contributed by atoms with Crippen LogP contribution in [0, 0.1) is 5.92 Å². The predicted octanol–water partition coefficient (Wildman–Crippen LogP) is 2.21. The fourth-order valence-electron chi connectivity index (χ4n) is 4.28. The molecule has 0 spiro atoms. The highest BCUT2D eigenvalue weighted by molar-refractivity contribution is 5.80. The van der Waals surface area contributed by atoms with Gasteiger partial charge >= 0.3 is 0 Å². The van der Waals surface area contributed by atoms with Crippen LogP contribution in [0.5, 0.6) is 0 Å². The largest absolute Gasteiger partial charge is 0.342 e. The number of aromatic nitrogens is 3. The molecule has 150 valence electrons. The van der Waals surface area contributed by atoms with Crippen molar-refractivity contribution < 1.29 is 4.79 Å². The number of amides is 1. The SMILES string of the molecule is CC(C)c1nccn1-c1cccc(C2CCN(C(=O)C3CNNC3C)CC2)n1. The van der Waals surface area contributed by atoms with Gasteiger partial charge in [0.2, 0.25) is 5.91 Å². The first kappa shape index (κ1) is 19.1. The lowest BCUT2D eigenvalue weighted by Crippen LogP contribution is -2.44.